The van der Waals surface area contributed by atoms with Crippen LogP contribution in [-0.4, -0.2) is 6.04 Å². The van der Waals surface area contributed by atoms with Crippen LogP contribution in [0.15, 0.2) is 29.1 Å². The Morgan fingerprint density at radius 2 is 2.39 bits per heavy atom. The molecule has 0 aliphatic carbocycles. The molecule has 1 aliphatic heterocycles. The summed E-state index contributed by atoms with van der Waals surface area (Å²) in [7, 11) is 0. The smallest absolute Gasteiger partial charge is 0.0993 e. The lowest BCUT2D eigenvalue weighted by atomic mass is 10.3. The molecule has 2 N–H and O–H groups in total. The molecule has 1 unspecified atom stereocenters. The van der Waals surface area contributed by atoms with Crippen molar-refractivity contribution in [2.75, 3.05) is 5.32 Å². The number of nitrogens with zero attached hydrogens (tertiary/aromatic N) is 3. The van der Waals surface area contributed by atoms with E-state index in [0.717, 1.165) is 21.5 Å². The fraction of sp³-hybridized carbons (Fsp3) is 0.273. The highest BCUT2D eigenvalue weighted by Crippen LogP contribution is 2.33. The van der Waals surface area contributed by atoms with E-state index in [-0.39, 0.29) is 0 Å². The first kappa shape index (κ1) is 13.3. The number of nitrogens with one attached hydrogen (secondary N) is 2. The highest BCUT2D eigenvalue weighted by Gasteiger charge is 2.13. The minimum absolute atomic E-state index is 0.423. The zero-order valence-electron chi connectivity index (χ0n) is 9.61. The van der Waals surface area contributed by atoms with Crippen molar-refractivity contribution in [1.82, 2.24) is 5.32 Å². The Morgan fingerprint density at radius 1 is 1.61 bits per heavy atom. The Hall–Kier alpha value is -1.11. The van der Waals surface area contributed by atoms with Gasteiger partial charge in [0, 0.05) is 14.5 Å². The lowest BCUT2D eigenvalue weighted by molar-refractivity contribution is 0.673. The van der Waals surface area contributed by atoms with Crippen LogP contribution >= 0.6 is 34.2 Å². The van der Waals surface area contributed by atoms with Crippen LogP contribution < -0.4 is 10.6 Å². The molecule has 0 saturated heterocycles. The fourth-order valence-electron chi connectivity index (χ4n) is 1.67. The number of hydrogen-bond donors (Lipinski definition) is 2. The van der Waals surface area contributed by atoms with Crippen LogP contribution in [0.5, 0.6) is 0 Å². The van der Waals surface area contributed by atoms with Gasteiger partial charge in [-0.25, -0.2) is 0 Å². The van der Waals surface area contributed by atoms with Crippen molar-refractivity contribution in [3.8, 4) is 0 Å². The SMILES string of the molecule is CC1CC=C(Nc2cc(N=[N+]=[N-])c(I)cc2Cl)N1. The minimum atomic E-state index is 0.423. The molecule has 1 heterocycles. The van der Waals surface area contributed by atoms with Crippen molar-refractivity contribution in [1.29, 1.82) is 0 Å². The summed E-state index contributed by atoms with van der Waals surface area (Å²) in [6.45, 7) is 2.10. The predicted octanol–water partition coefficient (Wildman–Crippen LogP) is 4.52. The summed E-state index contributed by atoms with van der Waals surface area (Å²) >= 11 is 8.25. The molecule has 5 nitrogen and oxygen atoms in total. The van der Waals surface area contributed by atoms with Gasteiger partial charge in [0.05, 0.1) is 22.2 Å². The Labute approximate surface area is 123 Å². The van der Waals surface area contributed by atoms with Crippen LogP contribution in [-0.2, 0) is 0 Å². The quantitative estimate of drug-likeness (QED) is 0.353. The molecule has 2 rings (SSSR count). The van der Waals surface area contributed by atoms with E-state index in [9.17, 15) is 0 Å². The standard InChI is InChI=1S/C11H11ClIN5/c1-6-2-3-11(15-6)16-9-5-10(17-18-14)8(13)4-7(9)12/h3-6,15-16H,2H2,1H3. The molecule has 1 aliphatic rings. The summed E-state index contributed by atoms with van der Waals surface area (Å²) in [5, 5.41) is 10.7. The summed E-state index contributed by atoms with van der Waals surface area (Å²) in [4.78, 5) is 2.80. The second-order valence-corrected chi connectivity index (χ2v) is 5.57. The molecular formula is C11H11ClIN5. The molecule has 18 heavy (non-hydrogen) atoms. The maximum absolute atomic E-state index is 8.50. The van der Waals surface area contributed by atoms with Crippen LogP contribution in [0.2, 0.25) is 5.02 Å². The molecule has 1 aromatic carbocycles. The molecular weight excluding hydrogens is 365 g/mol. The average Bonchev–Trinajstić information content (AvgIpc) is 2.71. The van der Waals surface area contributed by atoms with Gasteiger partial charge in [-0.15, -0.1) is 0 Å². The first-order chi connectivity index (χ1) is 8.60. The number of halogens is 2. The molecule has 0 fully saturated rings. The van der Waals surface area contributed by atoms with E-state index in [2.05, 4.69) is 56.3 Å². The minimum Gasteiger partial charge on any atom is -0.369 e. The monoisotopic (exact) mass is 375 g/mol. The third-order valence-corrected chi connectivity index (χ3v) is 3.71. The van der Waals surface area contributed by atoms with Gasteiger partial charge in [0.2, 0.25) is 0 Å². The number of anilines is 1. The number of azide groups is 1. The van der Waals surface area contributed by atoms with Gasteiger partial charge in [-0.3, -0.25) is 0 Å². The Bertz CT molecular complexity index is 551. The Morgan fingerprint density at radius 3 is 3.00 bits per heavy atom. The second-order valence-electron chi connectivity index (χ2n) is 4.00. The van der Waals surface area contributed by atoms with Gasteiger partial charge in [0.15, 0.2) is 0 Å². The van der Waals surface area contributed by atoms with Gasteiger partial charge in [-0.05, 0) is 59.7 Å². The van der Waals surface area contributed by atoms with E-state index in [4.69, 9.17) is 17.1 Å². The van der Waals surface area contributed by atoms with E-state index < -0.39 is 0 Å². The van der Waals surface area contributed by atoms with Crippen molar-refractivity contribution in [3.05, 3.63) is 43.1 Å². The van der Waals surface area contributed by atoms with Gasteiger partial charge in [-0.2, -0.15) is 0 Å². The van der Waals surface area contributed by atoms with Crippen molar-refractivity contribution < 1.29 is 0 Å². The van der Waals surface area contributed by atoms with Gasteiger partial charge in [0.25, 0.3) is 0 Å². The molecule has 1 atom stereocenters. The molecule has 1 aromatic rings. The Balaban J connectivity index is 2.27. The van der Waals surface area contributed by atoms with Gasteiger partial charge in [-0.1, -0.05) is 16.7 Å². The molecule has 0 spiro atoms. The molecule has 0 bridgehead atoms. The highest BCUT2D eigenvalue weighted by atomic mass is 127. The third kappa shape index (κ3) is 3.01. The average molecular weight is 376 g/mol. The van der Waals surface area contributed by atoms with Crippen LogP contribution in [0, 0.1) is 3.57 Å². The first-order valence-electron chi connectivity index (χ1n) is 5.38. The molecule has 0 saturated carbocycles. The lowest BCUT2D eigenvalue weighted by Crippen LogP contribution is -2.22. The highest BCUT2D eigenvalue weighted by molar-refractivity contribution is 14.1. The summed E-state index contributed by atoms with van der Waals surface area (Å²) in [5.74, 6) is 0.928. The Kier molecular flexibility index (Phi) is 4.21. The normalized spacial score (nSPS) is 17.7. The van der Waals surface area contributed by atoms with Crippen LogP contribution in [0.3, 0.4) is 0 Å². The lowest BCUT2D eigenvalue weighted by Gasteiger charge is -2.13. The fourth-order valence-corrected chi connectivity index (χ4v) is 2.64. The molecule has 94 valence electrons. The predicted molar refractivity (Wildman–Crippen MR) is 81.9 cm³/mol. The number of hydrogen-bond acceptors (Lipinski definition) is 3. The van der Waals surface area contributed by atoms with Gasteiger partial charge in [0.1, 0.15) is 0 Å². The first-order valence-corrected chi connectivity index (χ1v) is 6.83. The van der Waals surface area contributed by atoms with E-state index in [1.807, 2.05) is 0 Å². The third-order valence-electron chi connectivity index (χ3n) is 2.54. The largest absolute Gasteiger partial charge is 0.369 e. The number of benzene rings is 1. The molecule has 7 heteroatoms. The van der Waals surface area contributed by atoms with Crippen molar-refractivity contribution >= 4 is 45.6 Å². The summed E-state index contributed by atoms with van der Waals surface area (Å²) < 4.78 is 0.822. The van der Waals surface area contributed by atoms with Crippen molar-refractivity contribution in [3.63, 3.8) is 0 Å². The van der Waals surface area contributed by atoms with Gasteiger partial charge < -0.3 is 10.6 Å². The number of rotatable bonds is 3. The zero-order valence-corrected chi connectivity index (χ0v) is 12.5. The summed E-state index contributed by atoms with van der Waals surface area (Å²) in [6.07, 6.45) is 3.06. The van der Waals surface area contributed by atoms with Crippen LogP contribution in [0.4, 0.5) is 11.4 Å². The van der Waals surface area contributed by atoms with E-state index in [1.54, 1.807) is 12.1 Å². The summed E-state index contributed by atoms with van der Waals surface area (Å²) in [6, 6.07) is 3.94. The topological polar surface area (TPSA) is 72.8 Å². The van der Waals surface area contributed by atoms with E-state index in [1.165, 1.54) is 0 Å². The van der Waals surface area contributed by atoms with E-state index >= 15 is 0 Å². The van der Waals surface area contributed by atoms with Crippen molar-refractivity contribution in [2.24, 2.45) is 5.11 Å². The van der Waals surface area contributed by atoms with Crippen LogP contribution in [0.25, 0.3) is 10.4 Å². The maximum atomic E-state index is 8.50. The summed E-state index contributed by atoms with van der Waals surface area (Å²) in [5.41, 5.74) is 9.80. The second kappa shape index (κ2) is 5.69. The van der Waals surface area contributed by atoms with E-state index in [0.29, 0.717) is 16.8 Å². The maximum Gasteiger partial charge on any atom is 0.0993 e. The van der Waals surface area contributed by atoms with Crippen molar-refractivity contribution in [2.45, 2.75) is 19.4 Å². The molecule has 0 amide bonds. The molecule has 0 radical (unpaired) electrons. The molecule has 0 aromatic heterocycles. The zero-order chi connectivity index (χ0) is 13.1. The van der Waals surface area contributed by atoms with Crippen LogP contribution in [0.1, 0.15) is 13.3 Å². The van der Waals surface area contributed by atoms with Gasteiger partial charge >= 0.3 is 0 Å².